The average Bonchev–Trinajstić information content (AvgIpc) is 2.55. The fourth-order valence-electron chi connectivity index (χ4n) is 2.10. The van der Waals surface area contributed by atoms with Crippen molar-refractivity contribution in [3.8, 4) is 0 Å². The van der Waals surface area contributed by atoms with Gasteiger partial charge in [0.05, 0.1) is 6.10 Å². The maximum absolute atomic E-state index is 5.68. The zero-order valence-corrected chi connectivity index (χ0v) is 9.64. The van der Waals surface area contributed by atoms with Crippen molar-refractivity contribution in [3.05, 3.63) is 35.9 Å². The SMILES string of the molecule is NCC1CN(Cc2ccccc2)CCCO1. The van der Waals surface area contributed by atoms with Crippen LogP contribution in [0.25, 0.3) is 0 Å². The van der Waals surface area contributed by atoms with E-state index in [1.807, 2.05) is 0 Å². The maximum atomic E-state index is 5.68. The first-order valence-corrected chi connectivity index (χ1v) is 5.96. The van der Waals surface area contributed by atoms with Gasteiger partial charge in [-0.05, 0) is 12.0 Å². The van der Waals surface area contributed by atoms with Gasteiger partial charge in [-0.2, -0.15) is 0 Å². The second-order valence-corrected chi connectivity index (χ2v) is 4.30. The van der Waals surface area contributed by atoms with E-state index in [0.29, 0.717) is 6.54 Å². The zero-order valence-electron chi connectivity index (χ0n) is 9.64. The van der Waals surface area contributed by atoms with Gasteiger partial charge in [0, 0.05) is 32.8 Å². The Morgan fingerprint density at radius 2 is 2.12 bits per heavy atom. The van der Waals surface area contributed by atoms with Crippen LogP contribution in [0.15, 0.2) is 30.3 Å². The van der Waals surface area contributed by atoms with E-state index in [9.17, 15) is 0 Å². The summed E-state index contributed by atoms with van der Waals surface area (Å²) in [5.41, 5.74) is 7.04. The summed E-state index contributed by atoms with van der Waals surface area (Å²) >= 11 is 0. The Bertz CT molecular complexity index is 302. The summed E-state index contributed by atoms with van der Waals surface area (Å²) in [4.78, 5) is 2.43. The van der Waals surface area contributed by atoms with E-state index < -0.39 is 0 Å². The molecule has 1 atom stereocenters. The minimum Gasteiger partial charge on any atom is -0.376 e. The van der Waals surface area contributed by atoms with Crippen molar-refractivity contribution < 1.29 is 4.74 Å². The molecule has 16 heavy (non-hydrogen) atoms. The molecule has 3 nitrogen and oxygen atoms in total. The van der Waals surface area contributed by atoms with E-state index in [4.69, 9.17) is 10.5 Å². The molecule has 1 aliphatic rings. The Hall–Kier alpha value is -0.900. The van der Waals surface area contributed by atoms with Crippen LogP contribution in [-0.4, -0.2) is 37.2 Å². The Morgan fingerprint density at radius 3 is 2.88 bits per heavy atom. The number of ether oxygens (including phenoxy) is 1. The normalized spacial score (nSPS) is 22.9. The summed E-state index contributed by atoms with van der Waals surface area (Å²) in [5.74, 6) is 0. The van der Waals surface area contributed by atoms with Crippen molar-refractivity contribution in [1.29, 1.82) is 0 Å². The van der Waals surface area contributed by atoms with Gasteiger partial charge in [-0.15, -0.1) is 0 Å². The van der Waals surface area contributed by atoms with Crippen LogP contribution in [0.1, 0.15) is 12.0 Å². The smallest absolute Gasteiger partial charge is 0.0824 e. The number of nitrogens with two attached hydrogens (primary N) is 1. The third kappa shape index (κ3) is 3.30. The molecular weight excluding hydrogens is 200 g/mol. The van der Waals surface area contributed by atoms with E-state index in [-0.39, 0.29) is 6.10 Å². The van der Waals surface area contributed by atoms with Crippen LogP contribution >= 0.6 is 0 Å². The van der Waals surface area contributed by atoms with Gasteiger partial charge in [0.2, 0.25) is 0 Å². The van der Waals surface area contributed by atoms with Crippen molar-refractivity contribution in [2.24, 2.45) is 5.73 Å². The van der Waals surface area contributed by atoms with Crippen LogP contribution in [0.4, 0.5) is 0 Å². The lowest BCUT2D eigenvalue weighted by Crippen LogP contribution is -2.35. The lowest BCUT2D eigenvalue weighted by Gasteiger charge is -2.22. The summed E-state index contributed by atoms with van der Waals surface area (Å²) in [6.45, 7) is 4.51. The van der Waals surface area contributed by atoms with Gasteiger partial charge in [-0.1, -0.05) is 30.3 Å². The van der Waals surface area contributed by atoms with Crippen LogP contribution < -0.4 is 5.73 Å². The van der Waals surface area contributed by atoms with Gasteiger partial charge in [-0.3, -0.25) is 4.90 Å². The first kappa shape index (κ1) is 11.6. The molecule has 1 aromatic carbocycles. The molecule has 1 heterocycles. The van der Waals surface area contributed by atoms with Crippen LogP contribution in [0, 0.1) is 0 Å². The summed E-state index contributed by atoms with van der Waals surface area (Å²) in [6.07, 6.45) is 1.30. The number of nitrogens with zero attached hydrogens (tertiary/aromatic N) is 1. The first-order chi connectivity index (χ1) is 7.88. The second kappa shape index (κ2) is 5.99. The highest BCUT2D eigenvalue weighted by molar-refractivity contribution is 5.14. The zero-order chi connectivity index (χ0) is 11.2. The monoisotopic (exact) mass is 220 g/mol. The third-order valence-electron chi connectivity index (χ3n) is 2.95. The van der Waals surface area contributed by atoms with Crippen molar-refractivity contribution in [2.45, 2.75) is 19.1 Å². The number of benzene rings is 1. The Balaban J connectivity index is 1.93. The summed E-state index contributed by atoms with van der Waals surface area (Å²) < 4.78 is 5.65. The van der Waals surface area contributed by atoms with Crippen molar-refractivity contribution >= 4 is 0 Å². The molecule has 0 bridgehead atoms. The lowest BCUT2D eigenvalue weighted by atomic mass is 10.2. The molecule has 88 valence electrons. The number of hydrogen-bond acceptors (Lipinski definition) is 3. The maximum Gasteiger partial charge on any atom is 0.0824 e. The summed E-state index contributed by atoms with van der Waals surface area (Å²) in [7, 11) is 0. The van der Waals surface area contributed by atoms with Gasteiger partial charge in [0.15, 0.2) is 0 Å². The molecule has 1 aliphatic heterocycles. The predicted molar refractivity (Wildman–Crippen MR) is 65.1 cm³/mol. The molecule has 2 N–H and O–H groups in total. The minimum absolute atomic E-state index is 0.200. The highest BCUT2D eigenvalue weighted by atomic mass is 16.5. The largest absolute Gasteiger partial charge is 0.376 e. The highest BCUT2D eigenvalue weighted by Crippen LogP contribution is 2.10. The van der Waals surface area contributed by atoms with Crippen LogP contribution in [-0.2, 0) is 11.3 Å². The molecule has 1 unspecified atom stereocenters. The van der Waals surface area contributed by atoms with E-state index in [2.05, 4.69) is 35.2 Å². The van der Waals surface area contributed by atoms with Gasteiger partial charge in [0.25, 0.3) is 0 Å². The van der Waals surface area contributed by atoms with Crippen molar-refractivity contribution in [2.75, 3.05) is 26.2 Å². The molecular formula is C13H20N2O. The van der Waals surface area contributed by atoms with E-state index in [1.165, 1.54) is 5.56 Å². The topological polar surface area (TPSA) is 38.5 Å². The second-order valence-electron chi connectivity index (χ2n) is 4.30. The lowest BCUT2D eigenvalue weighted by molar-refractivity contribution is 0.0596. The number of hydrogen-bond donors (Lipinski definition) is 1. The standard InChI is InChI=1S/C13H20N2O/c14-9-13-11-15(7-4-8-16-13)10-12-5-2-1-3-6-12/h1-3,5-6,13H,4,7-11,14H2. The van der Waals surface area contributed by atoms with Gasteiger partial charge < -0.3 is 10.5 Å². The first-order valence-electron chi connectivity index (χ1n) is 5.96. The van der Waals surface area contributed by atoms with E-state index in [0.717, 1.165) is 32.7 Å². The molecule has 1 saturated heterocycles. The molecule has 0 radical (unpaired) electrons. The summed E-state index contributed by atoms with van der Waals surface area (Å²) in [6, 6.07) is 10.6. The van der Waals surface area contributed by atoms with Gasteiger partial charge in [-0.25, -0.2) is 0 Å². The minimum atomic E-state index is 0.200. The quantitative estimate of drug-likeness (QED) is 0.833. The van der Waals surface area contributed by atoms with Crippen LogP contribution in [0.5, 0.6) is 0 Å². The molecule has 2 rings (SSSR count). The Labute approximate surface area is 97.2 Å². The number of rotatable bonds is 3. The Morgan fingerprint density at radius 1 is 1.31 bits per heavy atom. The van der Waals surface area contributed by atoms with Gasteiger partial charge in [0.1, 0.15) is 0 Å². The molecule has 1 aromatic rings. The highest BCUT2D eigenvalue weighted by Gasteiger charge is 2.17. The molecule has 3 heteroatoms. The fourth-order valence-corrected chi connectivity index (χ4v) is 2.10. The third-order valence-corrected chi connectivity index (χ3v) is 2.95. The molecule has 1 fully saturated rings. The Kier molecular flexibility index (Phi) is 4.34. The van der Waals surface area contributed by atoms with Crippen molar-refractivity contribution in [1.82, 2.24) is 4.90 Å². The molecule has 0 amide bonds. The molecule has 0 aromatic heterocycles. The molecule has 0 spiro atoms. The van der Waals surface area contributed by atoms with Gasteiger partial charge >= 0.3 is 0 Å². The van der Waals surface area contributed by atoms with E-state index >= 15 is 0 Å². The summed E-state index contributed by atoms with van der Waals surface area (Å²) in [5, 5.41) is 0. The molecule has 0 aliphatic carbocycles. The van der Waals surface area contributed by atoms with E-state index in [1.54, 1.807) is 0 Å². The van der Waals surface area contributed by atoms with Crippen molar-refractivity contribution in [3.63, 3.8) is 0 Å². The van der Waals surface area contributed by atoms with Crippen LogP contribution in [0.2, 0.25) is 0 Å². The molecule has 0 saturated carbocycles. The van der Waals surface area contributed by atoms with Crippen LogP contribution in [0.3, 0.4) is 0 Å². The predicted octanol–water partition coefficient (Wildman–Crippen LogP) is 1.24. The fraction of sp³-hybridized carbons (Fsp3) is 0.538. The average molecular weight is 220 g/mol.